The molecule has 1 aliphatic heterocycles. The van der Waals surface area contributed by atoms with Crippen molar-refractivity contribution in [3.05, 3.63) is 65.2 Å². The van der Waals surface area contributed by atoms with Gasteiger partial charge < -0.3 is 0 Å². The Bertz CT molecular complexity index is 557. The number of nitrogens with two attached hydrogens (primary N) is 1. The Balaban J connectivity index is 1.86. The Hall–Kier alpha value is -1.29. The molecule has 0 spiro atoms. The highest BCUT2D eigenvalue weighted by atomic mass is 32.2. The second kappa shape index (κ2) is 5.37. The molecule has 2 aromatic carbocycles. The number of hydrogen-bond acceptors (Lipinski definition) is 3. The fraction of sp³-hybridized carbons (Fsp3) is 0.250. The average molecular weight is 270 g/mol. The first-order valence-corrected chi connectivity index (χ1v) is 7.43. The third kappa shape index (κ3) is 2.54. The van der Waals surface area contributed by atoms with Crippen LogP contribution in [0, 0.1) is 6.92 Å². The van der Waals surface area contributed by atoms with E-state index < -0.39 is 0 Å². The maximum Gasteiger partial charge on any atom is 0.0585 e. The van der Waals surface area contributed by atoms with Crippen LogP contribution in [0.2, 0.25) is 0 Å². The maximum atomic E-state index is 5.81. The second-order valence-corrected chi connectivity index (χ2v) is 6.31. The molecule has 3 N–H and O–H groups in total. The number of hydrazine groups is 1. The third-order valence-corrected chi connectivity index (χ3v) is 5.02. The minimum atomic E-state index is 0.192. The lowest BCUT2D eigenvalue weighted by molar-refractivity contribution is 0.533. The van der Waals surface area contributed by atoms with Gasteiger partial charge in [-0.1, -0.05) is 48.0 Å². The van der Waals surface area contributed by atoms with Gasteiger partial charge in [-0.3, -0.25) is 11.3 Å². The largest absolute Gasteiger partial charge is 0.271 e. The molecule has 98 valence electrons. The molecule has 2 nitrogen and oxygen atoms in total. The van der Waals surface area contributed by atoms with Crippen LogP contribution in [-0.2, 0) is 6.42 Å². The van der Waals surface area contributed by atoms with Crippen molar-refractivity contribution in [3.63, 3.8) is 0 Å². The quantitative estimate of drug-likeness (QED) is 0.664. The molecule has 19 heavy (non-hydrogen) atoms. The van der Waals surface area contributed by atoms with Crippen molar-refractivity contribution in [1.29, 1.82) is 0 Å². The monoisotopic (exact) mass is 270 g/mol. The van der Waals surface area contributed by atoms with Crippen molar-refractivity contribution < 1.29 is 0 Å². The lowest BCUT2D eigenvalue weighted by Gasteiger charge is -2.22. The zero-order valence-electron chi connectivity index (χ0n) is 11.0. The molecule has 1 heterocycles. The van der Waals surface area contributed by atoms with Gasteiger partial charge in [-0.05, 0) is 30.5 Å². The normalized spacial score (nSPS) is 19.2. The summed E-state index contributed by atoms with van der Waals surface area (Å²) >= 11 is 1.93. The number of benzene rings is 2. The fourth-order valence-electron chi connectivity index (χ4n) is 2.68. The molecule has 2 atom stereocenters. The minimum absolute atomic E-state index is 0.192. The summed E-state index contributed by atoms with van der Waals surface area (Å²) in [5.74, 6) is 5.81. The van der Waals surface area contributed by atoms with E-state index >= 15 is 0 Å². The Morgan fingerprint density at radius 3 is 2.79 bits per heavy atom. The molecule has 3 rings (SSSR count). The van der Waals surface area contributed by atoms with Crippen LogP contribution in [0.3, 0.4) is 0 Å². The minimum Gasteiger partial charge on any atom is -0.271 e. The zero-order chi connectivity index (χ0) is 13.2. The smallest absolute Gasteiger partial charge is 0.0585 e. The highest BCUT2D eigenvalue weighted by molar-refractivity contribution is 8.00. The van der Waals surface area contributed by atoms with E-state index in [2.05, 4.69) is 60.9 Å². The van der Waals surface area contributed by atoms with Crippen molar-refractivity contribution in [2.45, 2.75) is 29.5 Å². The van der Waals surface area contributed by atoms with E-state index in [1.54, 1.807) is 0 Å². The highest BCUT2D eigenvalue weighted by Crippen LogP contribution is 2.42. The topological polar surface area (TPSA) is 38.0 Å². The molecule has 0 aromatic heterocycles. The van der Waals surface area contributed by atoms with Gasteiger partial charge in [0.05, 0.1) is 6.04 Å². The van der Waals surface area contributed by atoms with Gasteiger partial charge in [-0.25, -0.2) is 0 Å². The molecule has 0 amide bonds. The summed E-state index contributed by atoms with van der Waals surface area (Å²) in [5, 5.41) is 0.462. The van der Waals surface area contributed by atoms with Crippen LogP contribution < -0.4 is 11.3 Å². The Morgan fingerprint density at radius 1 is 1.21 bits per heavy atom. The maximum absolute atomic E-state index is 5.81. The zero-order valence-corrected chi connectivity index (χ0v) is 11.8. The first-order chi connectivity index (χ1) is 9.28. The molecule has 2 aromatic rings. The van der Waals surface area contributed by atoms with Crippen LogP contribution in [0.15, 0.2) is 53.4 Å². The second-order valence-electron chi connectivity index (χ2n) is 5.03. The molecule has 1 aliphatic rings. The van der Waals surface area contributed by atoms with E-state index in [4.69, 9.17) is 5.84 Å². The summed E-state index contributed by atoms with van der Waals surface area (Å²) in [7, 11) is 0. The van der Waals surface area contributed by atoms with Gasteiger partial charge >= 0.3 is 0 Å². The predicted molar refractivity (Wildman–Crippen MR) is 81.0 cm³/mol. The molecule has 0 saturated heterocycles. The number of fused-ring (bicyclic) bond motifs is 1. The summed E-state index contributed by atoms with van der Waals surface area (Å²) in [4.78, 5) is 1.39. The molecule has 0 bridgehead atoms. The van der Waals surface area contributed by atoms with Gasteiger partial charge in [-0.15, -0.1) is 11.8 Å². The van der Waals surface area contributed by atoms with Crippen molar-refractivity contribution in [1.82, 2.24) is 5.43 Å². The molecule has 2 unspecified atom stereocenters. The number of aryl methyl sites for hydroxylation is 1. The van der Waals surface area contributed by atoms with Crippen LogP contribution in [-0.4, -0.2) is 5.25 Å². The predicted octanol–water partition coefficient (Wildman–Crippen LogP) is 3.22. The summed E-state index contributed by atoms with van der Waals surface area (Å²) < 4.78 is 0. The van der Waals surface area contributed by atoms with E-state index in [0.717, 1.165) is 6.42 Å². The van der Waals surface area contributed by atoms with Crippen LogP contribution in [0.4, 0.5) is 0 Å². The van der Waals surface area contributed by atoms with E-state index in [-0.39, 0.29) is 6.04 Å². The van der Waals surface area contributed by atoms with Gasteiger partial charge in [0.25, 0.3) is 0 Å². The molecular weight excluding hydrogens is 252 g/mol. The number of nitrogens with one attached hydrogen (secondary N) is 1. The first-order valence-electron chi connectivity index (χ1n) is 6.55. The first kappa shape index (κ1) is 12.7. The third-order valence-electron chi connectivity index (χ3n) is 3.62. The van der Waals surface area contributed by atoms with E-state index in [1.807, 2.05) is 11.8 Å². The SMILES string of the molecule is Cc1cccc(C(NN)C2Cc3ccccc3S2)c1. The summed E-state index contributed by atoms with van der Waals surface area (Å²) in [6.07, 6.45) is 1.07. The summed E-state index contributed by atoms with van der Waals surface area (Å²) in [6, 6.07) is 17.4. The molecular formula is C16H18N2S. The van der Waals surface area contributed by atoms with Gasteiger partial charge in [0.2, 0.25) is 0 Å². The van der Waals surface area contributed by atoms with E-state index in [9.17, 15) is 0 Å². The standard InChI is InChI=1S/C16H18N2S/c1-11-5-4-7-13(9-11)16(18-17)15-10-12-6-2-3-8-14(12)19-15/h2-9,15-16,18H,10,17H2,1H3. The fourth-order valence-corrected chi connectivity index (χ4v) is 4.10. The number of hydrogen-bond donors (Lipinski definition) is 2. The summed E-state index contributed by atoms with van der Waals surface area (Å²) in [6.45, 7) is 2.12. The number of rotatable bonds is 3. The lowest BCUT2D eigenvalue weighted by atomic mass is 9.98. The molecule has 3 heteroatoms. The summed E-state index contributed by atoms with van der Waals surface area (Å²) in [5.41, 5.74) is 6.98. The molecule has 0 saturated carbocycles. The number of thioether (sulfide) groups is 1. The Kier molecular flexibility index (Phi) is 3.60. The van der Waals surface area contributed by atoms with Crippen LogP contribution in [0.5, 0.6) is 0 Å². The van der Waals surface area contributed by atoms with Crippen molar-refractivity contribution in [2.24, 2.45) is 5.84 Å². The van der Waals surface area contributed by atoms with Gasteiger partial charge in [0.1, 0.15) is 0 Å². The van der Waals surface area contributed by atoms with E-state index in [0.29, 0.717) is 5.25 Å². The Morgan fingerprint density at radius 2 is 2.05 bits per heavy atom. The van der Waals surface area contributed by atoms with Gasteiger partial charge in [-0.2, -0.15) is 0 Å². The Labute approximate surface area is 118 Å². The van der Waals surface area contributed by atoms with Crippen molar-refractivity contribution in [3.8, 4) is 0 Å². The van der Waals surface area contributed by atoms with Crippen molar-refractivity contribution >= 4 is 11.8 Å². The van der Waals surface area contributed by atoms with Crippen LogP contribution >= 0.6 is 11.8 Å². The highest BCUT2D eigenvalue weighted by Gasteiger charge is 2.29. The van der Waals surface area contributed by atoms with Crippen LogP contribution in [0.25, 0.3) is 0 Å². The van der Waals surface area contributed by atoms with Gasteiger partial charge in [0, 0.05) is 10.1 Å². The molecule has 0 radical (unpaired) electrons. The lowest BCUT2D eigenvalue weighted by Crippen LogP contribution is -2.35. The average Bonchev–Trinajstić information content (AvgIpc) is 2.83. The van der Waals surface area contributed by atoms with Crippen LogP contribution in [0.1, 0.15) is 22.7 Å². The van der Waals surface area contributed by atoms with Crippen molar-refractivity contribution in [2.75, 3.05) is 0 Å². The molecule has 0 fully saturated rings. The molecule has 0 aliphatic carbocycles. The van der Waals surface area contributed by atoms with Gasteiger partial charge in [0.15, 0.2) is 0 Å². The van der Waals surface area contributed by atoms with E-state index in [1.165, 1.54) is 21.6 Å².